The van der Waals surface area contributed by atoms with Crippen molar-refractivity contribution < 1.29 is 0 Å². The molecule has 1 saturated heterocycles. The van der Waals surface area contributed by atoms with Crippen molar-refractivity contribution in [2.45, 2.75) is 26.2 Å². The number of aromatic nitrogens is 2. The molecule has 0 saturated carbocycles. The first kappa shape index (κ1) is 16.3. The number of aryl methyl sites for hydroxylation is 1. The van der Waals surface area contributed by atoms with E-state index in [4.69, 9.17) is 11.6 Å². The third-order valence-electron chi connectivity index (χ3n) is 4.25. The van der Waals surface area contributed by atoms with Crippen LogP contribution in [-0.2, 0) is 6.42 Å². The number of hydrogen-bond donors (Lipinski definition) is 1. The molecule has 0 amide bonds. The topological polar surface area (TPSA) is 35.2 Å². The van der Waals surface area contributed by atoms with E-state index in [-0.39, 0.29) is 0 Å². The van der Waals surface area contributed by atoms with Crippen LogP contribution in [0.15, 0.2) is 30.3 Å². The van der Waals surface area contributed by atoms with Crippen LogP contribution in [0.4, 0.5) is 5.69 Å². The van der Waals surface area contributed by atoms with Gasteiger partial charge in [-0.05, 0) is 18.6 Å². The van der Waals surface area contributed by atoms with Gasteiger partial charge in [-0.3, -0.25) is 4.90 Å². The molecule has 1 N–H and O–H groups in total. The number of nitrogens with one attached hydrogen (secondary N) is 1. The number of hydrogen-bond acceptors (Lipinski definition) is 3. The number of piperazine rings is 1. The summed E-state index contributed by atoms with van der Waals surface area (Å²) in [6.45, 7) is 8.34. The number of halogens is 1. The van der Waals surface area contributed by atoms with E-state index in [1.165, 1.54) is 12.1 Å². The van der Waals surface area contributed by atoms with Crippen LogP contribution in [0.3, 0.4) is 0 Å². The molecule has 4 nitrogen and oxygen atoms in total. The number of para-hydroxylation sites is 1. The fraction of sp³-hybridized carbons (Fsp3) is 0.444. The smallest absolute Gasteiger partial charge is 0.152 e. The molecule has 1 aliphatic heterocycles. The fourth-order valence-corrected chi connectivity index (χ4v) is 3.09. The average Bonchev–Trinajstić information content (AvgIpc) is 2.94. The molecular formula is C18H24ClN4. The molecule has 123 valence electrons. The molecule has 1 aliphatic rings. The Labute approximate surface area is 143 Å². The van der Waals surface area contributed by atoms with Gasteiger partial charge in [0.2, 0.25) is 0 Å². The number of rotatable bonds is 6. The fourth-order valence-electron chi connectivity index (χ4n) is 2.89. The summed E-state index contributed by atoms with van der Waals surface area (Å²) in [5.74, 6) is 0.992. The molecule has 0 atom stereocenters. The Hall–Kier alpha value is -1.52. The van der Waals surface area contributed by atoms with Gasteiger partial charge in [0, 0.05) is 38.3 Å². The zero-order valence-electron chi connectivity index (χ0n) is 13.6. The van der Waals surface area contributed by atoms with Crippen LogP contribution in [0.1, 0.15) is 31.3 Å². The average molecular weight is 332 g/mol. The largest absolute Gasteiger partial charge is 0.369 e. The quantitative estimate of drug-likeness (QED) is 0.875. The van der Waals surface area contributed by atoms with Crippen LogP contribution < -0.4 is 4.90 Å². The van der Waals surface area contributed by atoms with Crippen molar-refractivity contribution in [2.75, 3.05) is 31.1 Å². The first-order valence-corrected chi connectivity index (χ1v) is 8.77. The molecule has 0 bridgehead atoms. The Morgan fingerprint density at radius 3 is 2.61 bits per heavy atom. The van der Waals surface area contributed by atoms with Crippen molar-refractivity contribution in [1.29, 1.82) is 0 Å². The summed E-state index contributed by atoms with van der Waals surface area (Å²) in [6, 6.07) is 10.6. The Kier molecular flexibility index (Phi) is 5.57. The molecule has 23 heavy (non-hydrogen) atoms. The van der Waals surface area contributed by atoms with Crippen LogP contribution in [0.2, 0.25) is 5.15 Å². The lowest BCUT2D eigenvalue weighted by Gasteiger charge is -2.35. The van der Waals surface area contributed by atoms with E-state index in [0.29, 0.717) is 5.15 Å². The molecule has 0 spiro atoms. The van der Waals surface area contributed by atoms with Crippen molar-refractivity contribution in [3.05, 3.63) is 53.5 Å². The lowest BCUT2D eigenvalue weighted by atomic mass is 10.2. The second-order valence-corrected chi connectivity index (χ2v) is 6.34. The standard InChI is InChI=1S/C18H24ClN4/c1-2-3-9-17-20-16(18(19)21-17)14-22-10-12-23(13-11-22)15-7-5-4-6-8-15/h4-8,14H,2-3,9-13H2,1H3,(H,20,21). The highest BCUT2D eigenvalue weighted by Crippen LogP contribution is 2.20. The number of anilines is 1. The molecule has 1 aromatic heterocycles. The van der Waals surface area contributed by atoms with Crippen molar-refractivity contribution in [1.82, 2.24) is 14.9 Å². The SMILES string of the molecule is CCCCc1nc(Cl)c([CH]N2CCN(c3ccccc3)CC2)[nH]1. The number of imidazole rings is 1. The van der Waals surface area contributed by atoms with Crippen LogP contribution in [0, 0.1) is 6.54 Å². The van der Waals surface area contributed by atoms with Gasteiger partial charge in [-0.1, -0.05) is 43.1 Å². The lowest BCUT2D eigenvalue weighted by molar-refractivity contribution is 0.320. The molecule has 0 aliphatic carbocycles. The minimum atomic E-state index is 0.585. The van der Waals surface area contributed by atoms with Gasteiger partial charge in [-0.2, -0.15) is 0 Å². The maximum Gasteiger partial charge on any atom is 0.152 e. The Morgan fingerprint density at radius 2 is 1.91 bits per heavy atom. The predicted molar refractivity (Wildman–Crippen MR) is 95.8 cm³/mol. The monoisotopic (exact) mass is 331 g/mol. The molecule has 2 heterocycles. The second kappa shape index (κ2) is 7.84. The van der Waals surface area contributed by atoms with Gasteiger partial charge in [0.15, 0.2) is 5.15 Å². The first-order chi connectivity index (χ1) is 11.3. The van der Waals surface area contributed by atoms with E-state index in [0.717, 1.165) is 50.5 Å². The Bertz CT molecular complexity index is 603. The van der Waals surface area contributed by atoms with E-state index >= 15 is 0 Å². The van der Waals surface area contributed by atoms with E-state index in [1.807, 2.05) is 0 Å². The van der Waals surface area contributed by atoms with Gasteiger partial charge >= 0.3 is 0 Å². The van der Waals surface area contributed by atoms with Crippen molar-refractivity contribution in [3.63, 3.8) is 0 Å². The van der Waals surface area contributed by atoms with Crippen molar-refractivity contribution >= 4 is 17.3 Å². The van der Waals surface area contributed by atoms with E-state index in [1.54, 1.807) is 0 Å². The number of H-pyrrole nitrogens is 1. The molecule has 5 heteroatoms. The number of aromatic amines is 1. The number of benzene rings is 1. The van der Waals surface area contributed by atoms with E-state index in [2.05, 4.69) is 63.6 Å². The Balaban J connectivity index is 1.53. The van der Waals surface area contributed by atoms with Crippen LogP contribution in [0.25, 0.3) is 0 Å². The zero-order chi connectivity index (χ0) is 16.1. The molecule has 2 aromatic rings. The van der Waals surface area contributed by atoms with Gasteiger partial charge in [-0.25, -0.2) is 4.98 Å². The number of unbranched alkanes of at least 4 members (excludes halogenated alkanes) is 1. The third-order valence-corrected chi connectivity index (χ3v) is 4.54. The zero-order valence-corrected chi connectivity index (χ0v) is 14.4. The van der Waals surface area contributed by atoms with Crippen LogP contribution in [-0.4, -0.2) is 41.0 Å². The molecule has 0 unspecified atom stereocenters. The highest BCUT2D eigenvalue weighted by molar-refractivity contribution is 6.30. The van der Waals surface area contributed by atoms with Gasteiger partial charge in [0.1, 0.15) is 5.82 Å². The third kappa shape index (κ3) is 4.27. The molecule has 1 fully saturated rings. The summed E-state index contributed by atoms with van der Waals surface area (Å²) in [7, 11) is 0. The van der Waals surface area contributed by atoms with E-state index < -0.39 is 0 Å². The lowest BCUT2D eigenvalue weighted by Crippen LogP contribution is -2.45. The minimum Gasteiger partial charge on any atom is -0.369 e. The highest BCUT2D eigenvalue weighted by atomic mass is 35.5. The first-order valence-electron chi connectivity index (χ1n) is 8.39. The minimum absolute atomic E-state index is 0.585. The van der Waals surface area contributed by atoms with Crippen LogP contribution in [0.5, 0.6) is 0 Å². The van der Waals surface area contributed by atoms with Gasteiger partial charge in [0.05, 0.1) is 12.2 Å². The molecule has 1 radical (unpaired) electrons. The number of nitrogens with zero attached hydrogens (tertiary/aromatic N) is 3. The van der Waals surface area contributed by atoms with Gasteiger partial charge in [0.25, 0.3) is 0 Å². The molecule has 1 aromatic carbocycles. The second-order valence-electron chi connectivity index (χ2n) is 5.98. The van der Waals surface area contributed by atoms with Crippen molar-refractivity contribution in [2.24, 2.45) is 0 Å². The van der Waals surface area contributed by atoms with Crippen molar-refractivity contribution in [3.8, 4) is 0 Å². The maximum atomic E-state index is 6.26. The summed E-state index contributed by atoms with van der Waals surface area (Å²) < 4.78 is 0. The highest BCUT2D eigenvalue weighted by Gasteiger charge is 2.19. The van der Waals surface area contributed by atoms with Crippen LogP contribution >= 0.6 is 11.6 Å². The summed E-state index contributed by atoms with van der Waals surface area (Å²) in [5.41, 5.74) is 2.24. The van der Waals surface area contributed by atoms with Gasteiger partial charge in [-0.15, -0.1) is 0 Å². The Morgan fingerprint density at radius 1 is 1.17 bits per heavy atom. The predicted octanol–water partition coefficient (Wildman–Crippen LogP) is 3.74. The summed E-state index contributed by atoms with van der Waals surface area (Å²) in [5, 5.41) is 0.585. The summed E-state index contributed by atoms with van der Waals surface area (Å²) in [6.07, 6.45) is 3.27. The maximum absolute atomic E-state index is 6.26. The molecule has 3 rings (SSSR count). The van der Waals surface area contributed by atoms with E-state index in [9.17, 15) is 0 Å². The normalized spacial score (nSPS) is 16.0. The van der Waals surface area contributed by atoms with Gasteiger partial charge < -0.3 is 9.88 Å². The molecular weight excluding hydrogens is 308 g/mol. The summed E-state index contributed by atoms with van der Waals surface area (Å²) >= 11 is 6.26. The summed E-state index contributed by atoms with van der Waals surface area (Å²) in [4.78, 5) is 12.5.